The van der Waals surface area contributed by atoms with Crippen molar-refractivity contribution in [2.75, 3.05) is 26.3 Å². The molecule has 1 aliphatic heterocycles. The number of likely N-dealkylation sites (tertiary alicyclic amines) is 1. The summed E-state index contributed by atoms with van der Waals surface area (Å²) < 4.78 is 17.8. The molecule has 7 nitrogen and oxygen atoms in total. The lowest BCUT2D eigenvalue weighted by molar-refractivity contribution is -0.268. The fraction of sp³-hybridized carbons (Fsp3) is 0.290. The molecule has 2 atom stereocenters. The van der Waals surface area contributed by atoms with Crippen LogP contribution in [0.1, 0.15) is 29.2 Å². The minimum Gasteiger partial charge on any atom is -0.530 e. The molecule has 0 N–H and O–H groups in total. The fourth-order valence-corrected chi connectivity index (χ4v) is 4.85. The summed E-state index contributed by atoms with van der Waals surface area (Å²) in [6, 6.07) is 28.2. The molecule has 0 aliphatic carbocycles. The van der Waals surface area contributed by atoms with Crippen LogP contribution in [-0.4, -0.2) is 48.4 Å². The fourth-order valence-electron chi connectivity index (χ4n) is 4.85. The third kappa shape index (κ3) is 6.68. The SMILES string of the molecule is O=C([O-])N1CCC(c2ccc(OCCOCc3ccccn3)cc2)C(OCc2ccc3ccccc3c2)C1. The first-order valence-corrected chi connectivity index (χ1v) is 12.9. The van der Waals surface area contributed by atoms with Gasteiger partial charge in [-0.15, -0.1) is 0 Å². The Labute approximate surface area is 222 Å². The van der Waals surface area contributed by atoms with Crippen LogP contribution in [0.25, 0.3) is 10.8 Å². The van der Waals surface area contributed by atoms with E-state index >= 15 is 0 Å². The van der Waals surface area contributed by atoms with Gasteiger partial charge in [0.15, 0.2) is 0 Å². The zero-order valence-electron chi connectivity index (χ0n) is 21.2. The van der Waals surface area contributed by atoms with Crippen LogP contribution in [0, 0.1) is 0 Å². The van der Waals surface area contributed by atoms with Crippen molar-refractivity contribution in [2.45, 2.75) is 31.7 Å². The molecule has 1 fully saturated rings. The normalized spacial score (nSPS) is 17.4. The highest BCUT2D eigenvalue weighted by Crippen LogP contribution is 2.32. The van der Waals surface area contributed by atoms with E-state index < -0.39 is 6.09 Å². The molecule has 38 heavy (non-hydrogen) atoms. The Morgan fingerprint density at radius 3 is 2.53 bits per heavy atom. The third-order valence-corrected chi connectivity index (χ3v) is 6.88. The van der Waals surface area contributed by atoms with Gasteiger partial charge in [-0.3, -0.25) is 4.98 Å². The zero-order valence-corrected chi connectivity index (χ0v) is 21.2. The molecular weight excluding hydrogens is 480 g/mol. The first kappa shape index (κ1) is 25.7. The lowest BCUT2D eigenvalue weighted by atomic mass is 9.87. The van der Waals surface area contributed by atoms with Gasteiger partial charge in [0, 0.05) is 25.2 Å². The van der Waals surface area contributed by atoms with Crippen molar-refractivity contribution in [1.29, 1.82) is 0 Å². The van der Waals surface area contributed by atoms with Gasteiger partial charge in [0.25, 0.3) is 0 Å². The van der Waals surface area contributed by atoms with Crippen molar-refractivity contribution in [3.63, 3.8) is 0 Å². The number of fused-ring (bicyclic) bond motifs is 1. The third-order valence-electron chi connectivity index (χ3n) is 6.88. The van der Waals surface area contributed by atoms with E-state index in [2.05, 4.69) is 35.3 Å². The highest BCUT2D eigenvalue weighted by atomic mass is 16.5. The number of pyridine rings is 1. The summed E-state index contributed by atoms with van der Waals surface area (Å²) in [4.78, 5) is 17.1. The van der Waals surface area contributed by atoms with E-state index in [-0.39, 0.29) is 18.6 Å². The van der Waals surface area contributed by atoms with Crippen LogP contribution in [-0.2, 0) is 22.7 Å². The van der Waals surface area contributed by atoms with Crippen LogP contribution < -0.4 is 9.84 Å². The Bertz CT molecular complexity index is 1330. The van der Waals surface area contributed by atoms with Gasteiger partial charge >= 0.3 is 0 Å². The van der Waals surface area contributed by atoms with Gasteiger partial charge in [0.1, 0.15) is 18.4 Å². The molecule has 0 spiro atoms. The number of amides is 1. The molecule has 2 heterocycles. The second kappa shape index (κ2) is 12.5. The van der Waals surface area contributed by atoms with Crippen molar-refractivity contribution in [1.82, 2.24) is 9.88 Å². The van der Waals surface area contributed by atoms with E-state index in [1.54, 1.807) is 6.20 Å². The van der Waals surface area contributed by atoms with Crippen LogP contribution in [0.2, 0.25) is 0 Å². The first-order valence-electron chi connectivity index (χ1n) is 12.9. The highest BCUT2D eigenvalue weighted by molar-refractivity contribution is 5.82. The maximum atomic E-state index is 11.6. The number of hydrogen-bond donors (Lipinski definition) is 0. The summed E-state index contributed by atoms with van der Waals surface area (Å²) in [6.07, 6.45) is 0.979. The Balaban J connectivity index is 1.17. The van der Waals surface area contributed by atoms with Crippen molar-refractivity contribution in [2.24, 2.45) is 0 Å². The molecule has 0 bridgehead atoms. The Hall–Kier alpha value is -3.94. The summed E-state index contributed by atoms with van der Waals surface area (Å²) in [7, 11) is 0. The highest BCUT2D eigenvalue weighted by Gasteiger charge is 2.31. The van der Waals surface area contributed by atoms with Crippen LogP contribution in [0.15, 0.2) is 91.1 Å². The van der Waals surface area contributed by atoms with Crippen LogP contribution in [0.5, 0.6) is 5.75 Å². The average molecular weight is 512 g/mol. The second-order valence-electron chi connectivity index (χ2n) is 9.43. The maximum absolute atomic E-state index is 11.6. The van der Waals surface area contributed by atoms with Crippen molar-refractivity contribution in [3.05, 3.63) is 108 Å². The monoisotopic (exact) mass is 511 g/mol. The number of carbonyl (C=O) groups is 1. The minimum absolute atomic E-state index is 0.0711. The molecule has 1 aliphatic rings. The van der Waals surface area contributed by atoms with E-state index in [1.165, 1.54) is 10.3 Å². The standard InChI is InChI=1S/C31H32N2O5/c34-31(35)33-16-14-29(30(20-33)38-21-23-8-9-24-5-1-2-6-26(24)19-23)25-10-12-28(13-11-25)37-18-17-36-22-27-7-3-4-15-32-27/h1-13,15,19,29-30H,14,16-18,20-22H2,(H,34,35)/p-1. The molecule has 7 heteroatoms. The zero-order chi connectivity index (χ0) is 26.2. The average Bonchev–Trinajstić information content (AvgIpc) is 2.96. The van der Waals surface area contributed by atoms with Crippen LogP contribution in [0.3, 0.4) is 0 Å². The number of ether oxygens (including phenoxy) is 3. The van der Waals surface area contributed by atoms with Gasteiger partial charge < -0.3 is 29.0 Å². The molecule has 196 valence electrons. The number of rotatable bonds is 10. The summed E-state index contributed by atoms with van der Waals surface area (Å²) in [5.41, 5.74) is 3.05. The molecule has 3 aromatic carbocycles. The quantitative estimate of drug-likeness (QED) is 0.291. The minimum atomic E-state index is -1.16. The van der Waals surface area contributed by atoms with Crippen LogP contribution >= 0.6 is 0 Å². The van der Waals surface area contributed by atoms with E-state index in [0.29, 0.717) is 39.4 Å². The lowest BCUT2D eigenvalue weighted by Crippen LogP contribution is -2.51. The molecule has 5 rings (SSSR count). The largest absolute Gasteiger partial charge is 0.530 e. The van der Waals surface area contributed by atoms with Gasteiger partial charge in [-0.2, -0.15) is 0 Å². The molecular formula is C31H31N2O5-. The van der Waals surface area contributed by atoms with Crippen molar-refractivity contribution < 1.29 is 24.1 Å². The molecule has 1 saturated heterocycles. The first-order chi connectivity index (χ1) is 18.7. The smallest absolute Gasteiger partial charge is 0.137 e. The van der Waals surface area contributed by atoms with Gasteiger partial charge in [-0.1, -0.05) is 54.6 Å². The van der Waals surface area contributed by atoms with Gasteiger partial charge in [0.2, 0.25) is 0 Å². The molecule has 4 aromatic rings. The number of benzene rings is 3. The summed E-state index contributed by atoms with van der Waals surface area (Å²) >= 11 is 0. The van der Waals surface area contributed by atoms with E-state index in [0.717, 1.165) is 28.0 Å². The summed E-state index contributed by atoms with van der Waals surface area (Å²) in [6.45, 7) is 2.47. The van der Waals surface area contributed by atoms with Crippen molar-refractivity contribution in [3.8, 4) is 5.75 Å². The molecule has 1 amide bonds. The molecule has 0 radical (unpaired) electrons. The predicted octanol–water partition coefficient (Wildman–Crippen LogP) is 4.55. The van der Waals surface area contributed by atoms with E-state index in [4.69, 9.17) is 14.2 Å². The number of nitrogens with zero attached hydrogens (tertiary/aromatic N) is 2. The Morgan fingerprint density at radius 1 is 0.921 bits per heavy atom. The Morgan fingerprint density at radius 2 is 1.74 bits per heavy atom. The Kier molecular flexibility index (Phi) is 8.48. The van der Waals surface area contributed by atoms with E-state index in [9.17, 15) is 9.90 Å². The molecule has 2 unspecified atom stereocenters. The van der Waals surface area contributed by atoms with Gasteiger partial charge in [-0.05, 0) is 58.7 Å². The van der Waals surface area contributed by atoms with Crippen LogP contribution in [0.4, 0.5) is 4.79 Å². The lowest BCUT2D eigenvalue weighted by Gasteiger charge is -2.40. The number of aromatic nitrogens is 1. The van der Waals surface area contributed by atoms with Gasteiger partial charge in [0.05, 0.1) is 31.6 Å². The topological polar surface area (TPSA) is 84.0 Å². The number of carboxylic acid groups (broad SMARTS) is 1. The van der Waals surface area contributed by atoms with Gasteiger partial charge in [-0.25, -0.2) is 0 Å². The number of piperidine rings is 1. The number of carbonyl (C=O) groups excluding carboxylic acids is 1. The number of hydrogen-bond acceptors (Lipinski definition) is 6. The molecule has 0 saturated carbocycles. The predicted molar refractivity (Wildman–Crippen MR) is 143 cm³/mol. The summed E-state index contributed by atoms with van der Waals surface area (Å²) in [5, 5.41) is 13.9. The summed E-state index contributed by atoms with van der Waals surface area (Å²) in [5.74, 6) is 0.831. The van der Waals surface area contributed by atoms with E-state index in [1.807, 2.05) is 54.6 Å². The maximum Gasteiger partial charge on any atom is 0.137 e. The van der Waals surface area contributed by atoms with Crippen molar-refractivity contribution >= 4 is 16.9 Å². The molecule has 1 aromatic heterocycles. The second-order valence-corrected chi connectivity index (χ2v) is 9.43.